The number of hydrogen-bond donors (Lipinski definition) is 0. The van der Waals surface area contributed by atoms with Crippen LogP contribution in [0.3, 0.4) is 0 Å². The molecule has 0 bridgehead atoms. The Morgan fingerprint density at radius 3 is 2.62 bits per heavy atom. The molecule has 0 atom stereocenters. The average Bonchev–Trinajstić information content (AvgIpc) is 2.87. The summed E-state index contributed by atoms with van der Waals surface area (Å²) < 4.78 is 7.65. The number of imidazole rings is 1. The summed E-state index contributed by atoms with van der Waals surface area (Å²) in [5.41, 5.74) is 3.85. The van der Waals surface area contributed by atoms with Crippen LogP contribution in [-0.2, 0) is 16.7 Å². The lowest BCUT2D eigenvalue weighted by Crippen LogP contribution is -2.38. The van der Waals surface area contributed by atoms with Gasteiger partial charge in [0.05, 0.1) is 30.6 Å². The number of fused-ring (bicyclic) bond motifs is 1. The molecular formula is C17H25N3O. The molecular weight excluding hydrogens is 262 g/mol. The number of morpholine rings is 1. The summed E-state index contributed by atoms with van der Waals surface area (Å²) in [6.07, 6.45) is 1.97. The Hall–Kier alpha value is -1.39. The highest BCUT2D eigenvalue weighted by Gasteiger charge is 2.15. The molecule has 4 heteroatoms. The SMILES string of the molecule is CC(C)(C)c1ccc2c(c1)ncn2CCN1CCOCC1. The maximum absolute atomic E-state index is 5.39. The summed E-state index contributed by atoms with van der Waals surface area (Å²) in [7, 11) is 0. The van der Waals surface area contributed by atoms with E-state index in [0.29, 0.717) is 0 Å². The van der Waals surface area contributed by atoms with E-state index in [-0.39, 0.29) is 5.41 Å². The Kier molecular flexibility index (Phi) is 4.00. The van der Waals surface area contributed by atoms with Crippen molar-refractivity contribution in [3.63, 3.8) is 0 Å². The van der Waals surface area contributed by atoms with Crippen molar-refractivity contribution >= 4 is 11.0 Å². The zero-order valence-corrected chi connectivity index (χ0v) is 13.3. The van der Waals surface area contributed by atoms with Crippen LogP contribution >= 0.6 is 0 Å². The predicted molar refractivity (Wildman–Crippen MR) is 85.7 cm³/mol. The standard InChI is InChI=1S/C17H25N3O/c1-17(2,3)14-4-5-16-15(12-14)18-13-20(16)7-6-19-8-10-21-11-9-19/h4-5,12-13H,6-11H2,1-3H3. The molecule has 21 heavy (non-hydrogen) atoms. The molecule has 114 valence electrons. The molecule has 4 nitrogen and oxygen atoms in total. The molecule has 1 aliphatic heterocycles. The van der Waals surface area contributed by atoms with Crippen LogP contribution in [0.15, 0.2) is 24.5 Å². The highest BCUT2D eigenvalue weighted by molar-refractivity contribution is 5.76. The topological polar surface area (TPSA) is 30.3 Å². The second kappa shape index (κ2) is 5.78. The van der Waals surface area contributed by atoms with Gasteiger partial charge in [-0.15, -0.1) is 0 Å². The number of benzene rings is 1. The molecule has 1 saturated heterocycles. The minimum atomic E-state index is 0.172. The molecule has 1 aromatic carbocycles. The molecule has 0 saturated carbocycles. The van der Waals surface area contributed by atoms with Gasteiger partial charge in [0.2, 0.25) is 0 Å². The monoisotopic (exact) mass is 287 g/mol. The highest BCUT2D eigenvalue weighted by Crippen LogP contribution is 2.25. The van der Waals surface area contributed by atoms with E-state index >= 15 is 0 Å². The fourth-order valence-electron chi connectivity index (χ4n) is 2.78. The molecule has 2 heterocycles. The predicted octanol–water partition coefficient (Wildman–Crippen LogP) is 2.67. The second-order valence-electron chi connectivity index (χ2n) is 6.85. The molecule has 1 aromatic heterocycles. The van der Waals surface area contributed by atoms with Gasteiger partial charge in [0, 0.05) is 26.2 Å². The summed E-state index contributed by atoms with van der Waals surface area (Å²) in [5.74, 6) is 0. The Bertz CT molecular complexity index is 606. The Morgan fingerprint density at radius 2 is 1.90 bits per heavy atom. The van der Waals surface area contributed by atoms with Gasteiger partial charge in [0.25, 0.3) is 0 Å². The van der Waals surface area contributed by atoms with Crippen molar-refractivity contribution in [2.75, 3.05) is 32.8 Å². The minimum absolute atomic E-state index is 0.172. The quantitative estimate of drug-likeness (QED) is 0.869. The third-order valence-corrected chi connectivity index (χ3v) is 4.25. The van der Waals surface area contributed by atoms with Crippen molar-refractivity contribution in [2.24, 2.45) is 0 Å². The van der Waals surface area contributed by atoms with Gasteiger partial charge in [0.15, 0.2) is 0 Å². The molecule has 0 spiro atoms. The van der Waals surface area contributed by atoms with Crippen LogP contribution in [-0.4, -0.2) is 47.3 Å². The summed E-state index contributed by atoms with van der Waals surface area (Å²) in [5, 5.41) is 0. The number of ether oxygens (including phenoxy) is 1. The maximum Gasteiger partial charge on any atom is 0.0958 e. The van der Waals surface area contributed by atoms with E-state index < -0.39 is 0 Å². The number of nitrogens with zero attached hydrogens (tertiary/aromatic N) is 3. The van der Waals surface area contributed by atoms with E-state index in [2.05, 4.69) is 53.4 Å². The minimum Gasteiger partial charge on any atom is -0.379 e. The van der Waals surface area contributed by atoms with Gasteiger partial charge >= 0.3 is 0 Å². The van der Waals surface area contributed by atoms with Crippen molar-refractivity contribution in [2.45, 2.75) is 32.7 Å². The highest BCUT2D eigenvalue weighted by atomic mass is 16.5. The van der Waals surface area contributed by atoms with Crippen LogP contribution in [0.1, 0.15) is 26.3 Å². The summed E-state index contributed by atoms with van der Waals surface area (Å²) in [4.78, 5) is 7.03. The first-order valence-corrected chi connectivity index (χ1v) is 7.79. The molecule has 3 rings (SSSR count). The number of aromatic nitrogens is 2. The van der Waals surface area contributed by atoms with Crippen molar-refractivity contribution in [3.8, 4) is 0 Å². The van der Waals surface area contributed by atoms with Gasteiger partial charge in [0.1, 0.15) is 0 Å². The van der Waals surface area contributed by atoms with Crippen LogP contribution in [0.5, 0.6) is 0 Å². The average molecular weight is 287 g/mol. The maximum atomic E-state index is 5.39. The van der Waals surface area contributed by atoms with Gasteiger partial charge in [-0.3, -0.25) is 4.90 Å². The van der Waals surface area contributed by atoms with E-state index in [0.717, 1.165) is 44.9 Å². The van der Waals surface area contributed by atoms with Crippen LogP contribution in [0.25, 0.3) is 11.0 Å². The normalized spacial score (nSPS) is 17.5. The fraction of sp³-hybridized carbons (Fsp3) is 0.588. The van der Waals surface area contributed by atoms with Crippen molar-refractivity contribution in [3.05, 3.63) is 30.1 Å². The summed E-state index contributed by atoms with van der Waals surface area (Å²) in [6.45, 7) is 12.6. The molecule has 0 radical (unpaired) electrons. The van der Waals surface area contributed by atoms with Crippen LogP contribution in [0, 0.1) is 0 Å². The van der Waals surface area contributed by atoms with Crippen LogP contribution < -0.4 is 0 Å². The third-order valence-electron chi connectivity index (χ3n) is 4.25. The second-order valence-corrected chi connectivity index (χ2v) is 6.85. The summed E-state index contributed by atoms with van der Waals surface area (Å²) in [6, 6.07) is 6.66. The molecule has 0 unspecified atom stereocenters. The van der Waals surface area contributed by atoms with Crippen molar-refractivity contribution in [1.29, 1.82) is 0 Å². The van der Waals surface area contributed by atoms with E-state index in [4.69, 9.17) is 4.74 Å². The van der Waals surface area contributed by atoms with Gasteiger partial charge in [-0.05, 0) is 23.1 Å². The lowest BCUT2D eigenvalue weighted by Gasteiger charge is -2.26. The lowest BCUT2D eigenvalue weighted by molar-refractivity contribution is 0.0365. The zero-order valence-electron chi connectivity index (χ0n) is 13.3. The van der Waals surface area contributed by atoms with Gasteiger partial charge in [-0.2, -0.15) is 0 Å². The van der Waals surface area contributed by atoms with Crippen LogP contribution in [0.2, 0.25) is 0 Å². The number of hydrogen-bond acceptors (Lipinski definition) is 3. The van der Waals surface area contributed by atoms with Gasteiger partial charge < -0.3 is 9.30 Å². The summed E-state index contributed by atoms with van der Waals surface area (Å²) >= 11 is 0. The first-order chi connectivity index (χ1) is 10.0. The molecule has 0 amide bonds. The van der Waals surface area contributed by atoms with Crippen LogP contribution in [0.4, 0.5) is 0 Å². The molecule has 1 aliphatic rings. The Morgan fingerprint density at radius 1 is 1.14 bits per heavy atom. The first-order valence-electron chi connectivity index (χ1n) is 7.79. The Balaban J connectivity index is 1.74. The first kappa shape index (κ1) is 14.5. The van der Waals surface area contributed by atoms with Crippen molar-refractivity contribution < 1.29 is 4.74 Å². The fourth-order valence-corrected chi connectivity index (χ4v) is 2.78. The smallest absolute Gasteiger partial charge is 0.0958 e. The van der Waals surface area contributed by atoms with E-state index in [1.807, 2.05) is 6.33 Å². The van der Waals surface area contributed by atoms with E-state index in [1.165, 1.54) is 11.1 Å². The zero-order chi connectivity index (χ0) is 14.9. The third kappa shape index (κ3) is 3.27. The van der Waals surface area contributed by atoms with E-state index in [9.17, 15) is 0 Å². The molecule has 0 aliphatic carbocycles. The van der Waals surface area contributed by atoms with Crippen molar-refractivity contribution in [1.82, 2.24) is 14.5 Å². The largest absolute Gasteiger partial charge is 0.379 e. The van der Waals surface area contributed by atoms with Gasteiger partial charge in [-0.25, -0.2) is 4.98 Å². The molecule has 2 aromatic rings. The Labute approximate surface area is 126 Å². The lowest BCUT2D eigenvalue weighted by atomic mass is 9.87. The van der Waals surface area contributed by atoms with E-state index in [1.54, 1.807) is 0 Å². The number of rotatable bonds is 3. The van der Waals surface area contributed by atoms with Gasteiger partial charge in [-0.1, -0.05) is 26.8 Å². The molecule has 0 N–H and O–H groups in total. The molecule has 1 fully saturated rings.